The van der Waals surface area contributed by atoms with Gasteiger partial charge in [0.1, 0.15) is 23.0 Å². The van der Waals surface area contributed by atoms with Gasteiger partial charge in [0.15, 0.2) is 8.37 Å². The topological polar surface area (TPSA) is 113 Å². The SMILES string of the molecule is NP(N)N=P(NP(Oc1ccc(-c2ccccc2)cc1)Oc1ccc(-c2ccccc2)cc1)(Oc1ccc(-c2ccccc2)cc1)Oc1ccc(-c2ccccc2)cc1. The molecule has 0 aliphatic rings. The van der Waals surface area contributed by atoms with Gasteiger partial charge in [0, 0.05) is 0 Å². The van der Waals surface area contributed by atoms with Crippen LogP contribution in [0.4, 0.5) is 0 Å². The molecule has 8 aromatic carbocycles. The smallest absolute Gasteiger partial charge is 0.409 e. The fourth-order valence-electron chi connectivity index (χ4n) is 6.25. The summed E-state index contributed by atoms with van der Waals surface area (Å²) in [6, 6.07) is 71.7. The molecule has 0 aliphatic carbocycles. The van der Waals surface area contributed by atoms with Gasteiger partial charge < -0.3 is 18.1 Å². The predicted molar refractivity (Wildman–Crippen MR) is 245 cm³/mol. The van der Waals surface area contributed by atoms with Crippen molar-refractivity contribution in [2.45, 2.75) is 0 Å². The van der Waals surface area contributed by atoms with Gasteiger partial charge in [0.2, 0.25) is 0 Å². The van der Waals surface area contributed by atoms with Gasteiger partial charge in [-0.2, -0.15) is 4.52 Å². The highest BCUT2D eigenvalue weighted by atomic mass is 31.3. The molecule has 0 aliphatic heterocycles. The van der Waals surface area contributed by atoms with Crippen LogP contribution in [0.25, 0.3) is 44.5 Å². The first-order valence-electron chi connectivity index (χ1n) is 18.8. The van der Waals surface area contributed by atoms with E-state index in [-0.39, 0.29) is 0 Å². The number of hydrogen-bond acceptors (Lipinski definition) is 7. The van der Waals surface area contributed by atoms with Crippen LogP contribution in [-0.2, 0) is 0 Å². The molecule has 0 spiro atoms. The first-order valence-corrected chi connectivity index (χ1v) is 23.0. The summed E-state index contributed by atoms with van der Waals surface area (Å²) in [6.07, 6.45) is 0. The average Bonchev–Trinajstić information content (AvgIpc) is 3.28. The summed E-state index contributed by atoms with van der Waals surface area (Å²) in [5.41, 5.74) is 21.2. The van der Waals surface area contributed by atoms with E-state index in [0.717, 1.165) is 44.5 Å². The van der Waals surface area contributed by atoms with Crippen LogP contribution >= 0.6 is 24.6 Å². The lowest BCUT2D eigenvalue weighted by molar-refractivity contribution is 0.451. The highest BCUT2D eigenvalue weighted by molar-refractivity contribution is 7.71. The van der Waals surface area contributed by atoms with Gasteiger partial charge in [0.25, 0.3) is 0 Å². The van der Waals surface area contributed by atoms with Crippen molar-refractivity contribution in [1.82, 2.24) is 4.86 Å². The third kappa shape index (κ3) is 10.7. The maximum absolute atomic E-state index is 6.81. The molecule has 292 valence electrons. The summed E-state index contributed by atoms with van der Waals surface area (Å²) in [5, 5.41) is 0. The molecule has 0 fully saturated rings. The maximum Gasteiger partial charge on any atom is 0.409 e. The minimum absolute atomic E-state index is 0.487. The molecule has 59 heavy (non-hydrogen) atoms. The van der Waals surface area contributed by atoms with Crippen LogP contribution in [0.5, 0.6) is 23.0 Å². The first-order chi connectivity index (χ1) is 29.0. The fourth-order valence-corrected chi connectivity index (χ4v) is 11.1. The zero-order valence-corrected chi connectivity index (χ0v) is 34.5. The second-order valence-corrected chi connectivity index (χ2v) is 17.8. The Morgan fingerprint density at radius 3 is 0.864 bits per heavy atom. The predicted octanol–water partition coefficient (Wildman–Crippen LogP) is 13.9. The quantitative estimate of drug-likeness (QED) is 0.0882. The molecule has 0 aromatic heterocycles. The van der Waals surface area contributed by atoms with Gasteiger partial charge in [-0.1, -0.05) is 170 Å². The molecule has 0 bridgehead atoms. The number of nitrogens with two attached hydrogens (primary N) is 2. The zero-order valence-electron chi connectivity index (χ0n) is 31.9. The average molecular weight is 831 g/mol. The number of nitrogens with one attached hydrogen (secondary N) is 1. The Labute approximate surface area is 347 Å². The molecule has 0 atom stereocenters. The molecule has 0 saturated carbocycles. The van der Waals surface area contributed by atoms with Crippen molar-refractivity contribution in [3.8, 4) is 67.5 Å². The first kappa shape index (κ1) is 39.7. The van der Waals surface area contributed by atoms with Crippen LogP contribution in [0.2, 0.25) is 0 Å². The van der Waals surface area contributed by atoms with Gasteiger partial charge in [-0.25, -0.2) is 0 Å². The molecule has 8 rings (SSSR count). The molecule has 8 nitrogen and oxygen atoms in total. The van der Waals surface area contributed by atoms with E-state index in [2.05, 4.69) is 53.4 Å². The van der Waals surface area contributed by atoms with Crippen molar-refractivity contribution >= 4 is 24.6 Å². The minimum Gasteiger partial charge on any atom is -0.427 e. The van der Waals surface area contributed by atoms with Gasteiger partial charge in [0.05, 0.1) is 0 Å². The largest absolute Gasteiger partial charge is 0.427 e. The molecule has 8 aromatic rings. The van der Waals surface area contributed by atoms with E-state index in [4.69, 9.17) is 33.6 Å². The zero-order chi connectivity index (χ0) is 40.3. The number of rotatable bonds is 15. The van der Waals surface area contributed by atoms with Crippen LogP contribution < -0.4 is 34.0 Å². The van der Waals surface area contributed by atoms with Crippen molar-refractivity contribution in [1.29, 1.82) is 0 Å². The number of benzene rings is 8. The number of nitrogens with zero attached hydrogens (tertiary/aromatic N) is 1. The summed E-state index contributed by atoms with van der Waals surface area (Å²) in [7, 11) is -7.68. The summed E-state index contributed by atoms with van der Waals surface area (Å²) in [5.74, 6) is 2.09. The van der Waals surface area contributed by atoms with Gasteiger partial charge in [-0.05, 0) is 93.0 Å². The van der Waals surface area contributed by atoms with Gasteiger partial charge >= 0.3 is 16.2 Å². The lowest BCUT2D eigenvalue weighted by Crippen LogP contribution is -2.20. The van der Waals surface area contributed by atoms with E-state index in [1.54, 1.807) is 0 Å². The molecule has 0 unspecified atom stereocenters. The van der Waals surface area contributed by atoms with E-state index in [1.807, 2.05) is 170 Å². The second kappa shape index (κ2) is 19.1. The molecular weight excluding hydrogens is 789 g/mol. The summed E-state index contributed by atoms with van der Waals surface area (Å²) >= 11 is 0. The Morgan fingerprint density at radius 2 is 0.593 bits per heavy atom. The summed E-state index contributed by atoms with van der Waals surface area (Å²) < 4.78 is 31.7. The van der Waals surface area contributed by atoms with Crippen LogP contribution in [-0.4, -0.2) is 0 Å². The molecule has 0 amide bonds. The monoisotopic (exact) mass is 830 g/mol. The Hall–Kier alpha value is -6.07. The third-order valence-corrected chi connectivity index (χ3v) is 14.2. The van der Waals surface area contributed by atoms with Gasteiger partial charge in [-0.15, -0.1) is 4.86 Å². The van der Waals surface area contributed by atoms with Crippen molar-refractivity contribution in [2.75, 3.05) is 0 Å². The summed E-state index contributed by atoms with van der Waals surface area (Å²) in [4.78, 5) is 3.45. The molecule has 11 heteroatoms. The molecule has 0 radical (unpaired) electrons. The highest BCUT2D eigenvalue weighted by Crippen LogP contribution is 2.58. The van der Waals surface area contributed by atoms with Crippen molar-refractivity contribution in [3.63, 3.8) is 0 Å². The fraction of sp³-hybridized carbons (Fsp3) is 0. The maximum atomic E-state index is 6.81. The van der Waals surface area contributed by atoms with E-state index < -0.39 is 24.6 Å². The Kier molecular flexibility index (Phi) is 12.9. The summed E-state index contributed by atoms with van der Waals surface area (Å²) in [6.45, 7) is 0. The normalized spacial score (nSPS) is 11.3. The van der Waals surface area contributed by atoms with Crippen molar-refractivity contribution in [2.24, 2.45) is 15.5 Å². The van der Waals surface area contributed by atoms with Crippen LogP contribution in [0.15, 0.2) is 223 Å². The number of hydrogen-bond donors (Lipinski definition) is 3. The lowest BCUT2D eigenvalue weighted by atomic mass is 10.1. The molecule has 0 heterocycles. The van der Waals surface area contributed by atoms with Crippen LogP contribution in [0, 0.1) is 0 Å². The van der Waals surface area contributed by atoms with E-state index in [9.17, 15) is 0 Å². The highest BCUT2D eigenvalue weighted by Gasteiger charge is 2.35. The van der Waals surface area contributed by atoms with Gasteiger partial charge in [-0.3, -0.25) is 11.0 Å². The Morgan fingerprint density at radius 1 is 0.339 bits per heavy atom. The van der Waals surface area contributed by atoms with Crippen LogP contribution in [0.3, 0.4) is 0 Å². The second-order valence-electron chi connectivity index (χ2n) is 13.3. The molecule has 5 N–H and O–H groups in total. The lowest BCUT2D eigenvalue weighted by Gasteiger charge is -2.29. The van der Waals surface area contributed by atoms with E-state index in [0.29, 0.717) is 23.0 Å². The van der Waals surface area contributed by atoms with Crippen LogP contribution in [0.1, 0.15) is 0 Å². The molecular formula is C48H41N4O4P3. The Bertz CT molecular complexity index is 2410. The third-order valence-electron chi connectivity index (χ3n) is 9.11. The van der Waals surface area contributed by atoms with Crippen molar-refractivity contribution < 1.29 is 18.1 Å². The van der Waals surface area contributed by atoms with Crippen molar-refractivity contribution in [3.05, 3.63) is 218 Å². The Balaban J connectivity index is 1.16. The standard InChI is InChI=1S/C48H41N4O4P3/c49-57(50)51-59(55-47-33-25-43(26-34-47)39-17-9-3-10-18-39,56-48-35-27-44(28-36-48)40-19-11-4-12-20-40)52-58(53-45-29-21-41(22-30-45)37-13-5-1-6-14-37)54-46-31-23-42(24-32-46)38-15-7-2-8-16-38/h1-36,52H,49-50H2. The van der Waals surface area contributed by atoms with E-state index in [1.165, 1.54) is 0 Å². The van der Waals surface area contributed by atoms with E-state index >= 15 is 0 Å². The minimum atomic E-state index is -3.68. The molecule has 0 saturated heterocycles.